The Morgan fingerprint density at radius 2 is 1.14 bits per heavy atom. The minimum Gasteiger partial charge on any atom is -1.00 e. The molecule has 0 aliphatic rings. The van der Waals surface area contributed by atoms with Crippen molar-refractivity contribution in [2.24, 2.45) is 0 Å². The SMILES string of the molecule is Cc1cc(C)c(/C=C/[P+](N(C)C)(N(C)C)N(C)C)c(C)c1.[Cl-]. The summed E-state index contributed by atoms with van der Waals surface area (Å²) < 4.78 is 7.01. The molecule has 1 aromatic rings. The lowest BCUT2D eigenvalue weighted by Gasteiger charge is -2.37. The Bertz CT molecular complexity index is 480. The Kier molecular flexibility index (Phi) is 8.25. The lowest BCUT2D eigenvalue weighted by atomic mass is 10.0. The van der Waals surface area contributed by atoms with Crippen LogP contribution >= 0.6 is 7.71 Å². The van der Waals surface area contributed by atoms with Crippen LogP contribution in [0, 0.1) is 20.8 Å². The van der Waals surface area contributed by atoms with Crippen molar-refractivity contribution in [3.05, 3.63) is 40.2 Å². The Hall–Kier alpha value is -0.440. The van der Waals surface area contributed by atoms with Crippen molar-refractivity contribution < 1.29 is 12.4 Å². The van der Waals surface area contributed by atoms with Gasteiger partial charge in [0.05, 0.1) is 0 Å². The van der Waals surface area contributed by atoms with Crippen LogP contribution in [-0.4, -0.2) is 56.3 Å². The quantitative estimate of drug-likeness (QED) is 0.740. The van der Waals surface area contributed by atoms with Gasteiger partial charge in [-0.3, -0.25) is 0 Å². The highest BCUT2D eigenvalue weighted by Gasteiger charge is 2.45. The molecule has 1 rings (SSSR count). The van der Waals surface area contributed by atoms with E-state index in [2.05, 4.69) is 101 Å². The first-order chi connectivity index (χ1) is 9.62. The Balaban J connectivity index is 0.00000441. The van der Waals surface area contributed by atoms with Crippen molar-refractivity contribution in [1.82, 2.24) is 14.0 Å². The molecule has 5 heteroatoms. The minimum atomic E-state index is -1.61. The van der Waals surface area contributed by atoms with E-state index >= 15 is 0 Å². The lowest BCUT2D eigenvalue weighted by molar-refractivity contribution is -0.00000484. The lowest BCUT2D eigenvalue weighted by Crippen LogP contribution is -3.00. The summed E-state index contributed by atoms with van der Waals surface area (Å²) in [6, 6.07) is 4.52. The van der Waals surface area contributed by atoms with E-state index in [1.165, 1.54) is 22.3 Å². The van der Waals surface area contributed by atoms with Gasteiger partial charge < -0.3 is 12.4 Å². The molecule has 0 bridgehead atoms. The number of hydrogen-bond acceptors (Lipinski definition) is 3. The molecule has 22 heavy (non-hydrogen) atoms. The van der Waals surface area contributed by atoms with Crippen LogP contribution in [0.2, 0.25) is 0 Å². The fourth-order valence-electron chi connectivity index (χ4n) is 3.10. The number of hydrogen-bond donors (Lipinski definition) is 0. The Morgan fingerprint density at radius 1 is 0.773 bits per heavy atom. The van der Waals surface area contributed by atoms with Crippen molar-refractivity contribution in [1.29, 1.82) is 0 Å². The molecule has 0 amide bonds. The molecular formula is C17H31ClN3P. The zero-order valence-corrected chi connectivity index (χ0v) is 17.1. The molecule has 1 aromatic carbocycles. The predicted molar refractivity (Wildman–Crippen MR) is 97.7 cm³/mol. The highest BCUT2D eigenvalue weighted by atomic mass is 35.5. The second-order valence-electron chi connectivity index (χ2n) is 6.28. The summed E-state index contributed by atoms with van der Waals surface area (Å²) in [7, 11) is 11.3. The summed E-state index contributed by atoms with van der Waals surface area (Å²) >= 11 is 0. The second kappa shape index (κ2) is 8.42. The van der Waals surface area contributed by atoms with Crippen molar-refractivity contribution in [3.8, 4) is 0 Å². The smallest absolute Gasteiger partial charge is 0.253 e. The maximum absolute atomic E-state index is 2.39. The summed E-state index contributed by atoms with van der Waals surface area (Å²) in [4.78, 5) is 0. The number of nitrogens with zero attached hydrogens (tertiary/aromatic N) is 3. The monoisotopic (exact) mass is 343 g/mol. The van der Waals surface area contributed by atoms with E-state index < -0.39 is 7.71 Å². The van der Waals surface area contributed by atoms with Gasteiger partial charge in [0, 0.05) is 42.3 Å². The number of halogens is 1. The molecule has 0 saturated heterocycles. The van der Waals surface area contributed by atoms with Crippen LogP contribution in [-0.2, 0) is 0 Å². The summed E-state index contributed by atoms with van der Waals surface area (Å²) in [5.41, 5.74) is 5.36. The van der Waals surface area contributed by atoms with Crippen LogP contribution in [0.1, 0.15) is 22.3 Å². The van der Waals surface area contributed by atoms with Gasteiger partial charge in [-0.25, -0.2) is 0 Å². The number of benzene rings is 1. The van der Waals surface area contributed by atoms with E-state index in [4.69, 9.17) is 0 Å². The summed E-state index contributed by atoms with van der Waals surface area (Å²) in [6.07, 6.45) is 2.30. The third-order valence-corrected chi connectivity index (χ3v) is 8.03. The third-order valence-electron chi connectivity index (χ3n) is 3.95. The first-order valence-electron chi connectivity index (χ1n) is 7.32. The molecule has 3 nitrogen and oxygen atoms in total. The van der Waals surface area contributed by atoms with Crippen LogP contribution in [0.25, 0.3) is 6.08 Å². The van der Waals surface area contributed by atoms with Gasteiger partial charge in [0.1, 0.15) is 5.82 Å². The Morgan fingerprint density at radius 3 is 1.45 bits per heavy atom. The normalized spacial score (nSPS) is 12.5. The highest BCUT2D eigenvalue weighted by molar-refractivity contribution is 7.72. The first kappa shape index (κ1) is 21.6. The van der Waals surface area contributed by atoms with E-state index in [1.54, 1.807) is 0 Å². The molecule has 0 saturated carbocycles. The maximum atomic E-state index is 2.39. The van der Waals surface area contributed by atoms with Crippen molar-refractivity contribution in [2.75, 3.05) is 42.3 Å². The maximum Gasteiger partial charge on any atom is 0.253 e. The van der Waals surface area contributed by atoms with E-state index in [9.17, 15) is 0 Å². The molecule has 0 aliphatic carbocycles. The van der Waals surface area contributed by atoms with E-state index in [1.807, 2.05) is 0 Å². The average Bonchev–Trinajstić information content (AvgIpc) is 2.30. The summed E-state index contributed by atoms with van der Waals surface area (Å²) in [5.74, 6) is 2.39. The van der Waals surface area contributed by atoms with Crippen LogP contribution < -0.4 is 12.4 Å². The highest BCUT2D eigenvalue weighted by Crippen LogP contribution is 2.65. The summed E-state index contributed by atoms with van der Waals surface area (Å²) in [6.45, 7) is 6.55. The average molecular weight is 344 g/mol. The van der Waals surface area contributed by atoms with Crippen LogP contribution in [0.3, 0.4) is 0 Å². The fraction of sp³-hybridized carbons (Fsp3) is 0.529. The largest absolute Gasteiger partial charge is 1.00 e. The van der Waals surface area contributed by atoms with Gasteiger partial charge in [0.15, 0.2) is 0 Å². The van der Waals surface area contributed by atoms with Crippen molar-refractivity contribution >= 4 is 13.8 Å². The third kappa shape index (κ3) is 4.31. The Labute approximate surface area is 143 Å². The van der Waals surface area contributed by atoms with Crippen LogP contribution in [0.4, 0.5) is 0 Å². The van der Waals surface area contributed by atoms with Gasteiger partial charge in [0.25, 0.3) is 7.71 Å². The van der Waals surface area contributed by atoms with Gasteiger partial charge >= 0.3 is 0 Å². The van der Waals surface area contributed by atoms with Crippen LogP contribution in [0.15, 0.2) is 17.9 Å². The molecule has 0 atom stereocenters. The van der Waals surface area contributed by atoms with Gasteiger partial charge in [-0.1, -0.05) is 17.7 Å². The molecule has 0 N–H and O–H groups in total. The molecule has 0 spiro atoms. The zero-order chi connectivity index (χ0) is 16.4. The van der Waals surface area contributed by atoms with Gasteiger partial charge in [-0.2, -0.15) is 14.0 Å². The van der Waals surface area contributed by atoms with Gasteiger partial charge in [0.2, 0.25) is 0 Å². The van der Waals surface area contributed by atoms with E-state index in [0.717, 1.165) is 0 Å². The standard InChI is InChI=1S/C17H31N3P.ClH/c1-14-12-15(2)17(16(3)13-14)10-11-21(18(4)5,19(6)7)20(8)9;/h10-13H,1-9H3;1H/q+1;/p-1/b11-10+;. The number of rotatable bonds is 5. The zero-order valence-electron chi connectivity index (χ0n) is 15.5. The van der Waals surface area contributed by atoms with Gasteiger partial charge in [-0.05, 0) is 43.5 Å². The molecule has 0 unspecified atom stereocenters. The molecule has 0 radical (unpaired) electrons. The first-order valence-corrected chi connectivity index (χ1v) is 9.03. The van der Waals surface area contributed by atoms with Crippen molar-refractivity contribution in [3.63, 3.8) is 0 Å². The van der Waals surface area contributed by atoms with E-state index in [-0.39, 0.29) is 12.4 Å². The van der Waals surface area contributed by atoms with Gasteiger partial charge in [-0.15, -0.1) is 0 Å². The molecule has 0 aromatic heterocycles. The number of aryl methyl sites for hydroxylation is 3. The van der Waals surface area contributed by atoms with Crippen LogP contribution in [0.5, 0.6) is 0 Å². The second-order valence-corrected chi connectivity index (χ2v) is 10.2. The molecule has 0 heterocycles. The van der Waals surface area contributed by atoms with Crippen molar-refractivity contribution in [2.45, 2.75) is 20.8 Å². The predicted octanol–water partition coefficient (Wildman–Crippen LogP) is 1.03. The molecular weight excluding hydrogens is 313 g/mol. The molecule has 126 valence electrons. The molecule has 0 aliphatic heterocycles. The summed E-state index contributed by atoms with van der Waals surface area (Å²) in [5, 5.41) is 0. The fourth-order valence-corrected chi connectivity index (χ4v) is 6.40. The van der Waals surface area contributed by atoms with E-state index in [0.29, 0.717) is 0 Å². The topological polar surface area (TPSA) is 9.72 Å². The molecule has 0 fully saturated rings. The minimum absolute atomic E-state index is 0.